The molecule has 0 fully saturated rings. The molecular formula is C24H17Br2N3O5. The number of aromatic hydroxyl groups is 1. The fraction of sp³-hybridized carbons (Fsp3) is 0.0417. The lowest BCUT2D eigenvalue weighted by atomic mass is 10.1. The Hall–Kier alpha value is -3.63. The standard InChI is InChI=1S/C24H17Br2N3O5/c25-17-8-15(9-18(26)22(17)30)12-27-29-24(32)19(28-23(31)16-4-2-1-3-5-16)10-14-6-7-20-21(11-14)34-13-33-20/h1-12,30H,13H2,(H,28,31)(H,29,32). The number of rotatable bonds is 6. The van der Waals surface area contributed by atoms with E-state index in [9.17, 15) is 14.7 Å². The second-order valence-electron chi connectivity index (χ2n) is 7.02. The van der Waals surface area contributed by atoms with Crippen molar-refractivity contribution in [1.29, 1.82) is 0 Å². The number of carbonyl (C=O) groups is 2. The summed E-state index contributed by atoms with van der Waals surface area (Å²) in [5.74, 6) is 0.128. The second kappa shape index (κ2) is 10.5. The highest BCUT2D eigenvalue weighted by atomic mass is 79.9. The molecule has 0 aliphatic carbocycles. The summed E-state index contributed by atoms with van der Waals surface area (Å²) < 4.78 is 11.6. The maximum atomic E-state index is 12.9. The SMILES string of the molecule is O=C(NN=Cc1cc(Br)c(O)c(Br)c1)C(=Cc1ccc2c(c1)OCO2)NC(=O)c1ccccc1. The van der Waals surface area contributed by atoms with Crippen LogP contribution in [0.25, 0.3) is 6.08 Å². The van der Waals surface area contributed by atoms with Crippen LogP contribution in [0.4, 0.5) is 0 Å². The molecule has 34 heavy (non-hydrogen) atoms. The molecule has 172 valence electrons. The predicted octanol–water partition coefficient (Wildman–Crippen LogP) is 4.57. The fourth-order valence-electron chi connectivity index (χ4n) is 3.00. The van der Waals surface area contributed by atoms with E-state index in [1.165, 1.54) is 12.3 Å². The molecule has 0 radical (unpaired) electrons. The van der Waals surface area contributed by atoms with Crippen molar-refractivity contribution in [2.75, 3.05) is 6.79 Å². The molecule has 10 heteroatoms. The van der Waals surface area contributed by atoms with Gasteiger partial charge in [-0.3, -0.25) is 9.59 Å². The molecule has 1 aliphatic heterocycles. The Bertz CT molecular complexity index is 1290. The van der Waals surface area contributed by atoms with Crippen molar-refractivity contribution in [2.24, 2.45) is 5.10 Å². The van der Waals surface area contributed by atoms with Gasteiger partial charge in [0, 0.05) is 5.56 Å². The van der Waals surface area contributed by atoms with Crippen LogP contribution in [-0.2, 0) is 4.79 Å². The van der Waals surface area contributed by atoms with Gasteiger partial charge in [0.25, 0.3) is 11.8 Å². The van der Waals surface area contributed by atoms with Gasteiger partial charge in [-0.25, -0.2) is 5.43 Å². The number of nitrogens with zero attached hydrogens (tertiary/aromatic N) is 1. The molecule has 8 nitrogen and oxygen atoms in total. The summed E-state index contributed by atoms with van der Waals surface area (Å²) in [5, 5.41) is 16.4. The van der Waals surface area contributed by atoms with Crippen molar-refractivity contribution < 1.29 is 24.2 Å². The zero-order chi connectivity index (χ0) is 24.1. The molecule has 0 aromatic heterocycles. The molecule has 1 aliphatic rings. The zero-order valence-corrected chi connectivity index (χ0v) is 20.6. The van der Waals surface area contributed by atoms with Gasteiger partial charge in [0.2, 0.25) is 6.79 Å². The van der Waals surface area contributed by atoms with Crippen molar-refractivity contribution >= 4 is 56.0 Å². The lowest BCUT2D eigenvalue weighted by Gasteiger charge is -2.09. The third kappa shape index (κ3) is 5.64. The monoisotopic (exact) mass is 585 g/mol. The Morgan fingerprint density at radius 2 is 1.65 bits per heavy atom. The second-order valence-corrected chi connectivity index (χ2v) is 8.73. The highest BCUT2D eigenvalue weighted by molar-refractivity contribution is 9.11. The maximum absolute atomic E-state index is 12.9. The average Bonchev–Trinajstić information content (AvgIpc) is 3.30. The highest BCUT2D eigenvalue weighted by Gasteiger charge is 2.17. The lowest BCUT2D eigenvalue weighted by molar-refractivity contribution is -0.117. The summed E-state index contributed by atoms with van der Waals surface area (Å²) in [6, 6.07) is 17.0. The molecule has 0 atom stereocenters. The van der Waals surface area contributed by atoms with Gasteiger partial charge in [0.05, 0.1) is 15.2 Å². The molecular weight excluding hydrogens is 570 g/mol. The molecule has 3 N–H and O–H groups in total. The first kappa shape index (κ1) is 23.5. The Kier molecular flexibility index (Phi) is 7.29. The topological polar surface area (TPSA) is 109 Å². The van der Waals surface area contributed by atoms with Gasteiger partial charge in [-0.15, -0.1) is 0 Å². The first-order valence-corrected chi connectivity index (χ1v) is 11.5. The Labute approximate surface area is 211 Å². The molecule has 0 saturated carbocycles. The number of hydrogen-bond acceptors (Lipinski definition) is 6. The number of amides is 2. The van der Waals surface area contributed by atoms with Crippen molar-refractivity contribution in [3.8, 4) is 17.2 Å². The summed E-state index contributed by atoms with van der Waals surface area (Å²) >= 11 is 6.49. The number of phenolic OH excluding ortho intramolecular Hbond substituents is 1. The number of carbonyl (C=O) groups excluding carboxylic acids is 2. The molecule has 0 bridgehead atoms. The quantitative estimate of drug-likeness (QED) is 0.223. The van der Waals surface area contributed by atoms with Crippen LogP contribution in [0.15, 0.2) is 80.4 Å². The minimum atomic E-state index is -0.630. The third-order valence-corrected chi connectivity index (χ3v) is 5.86. The van der Waals surface area contributed by atoms with Gasteiger partial charge in [-0.05, 0) is 85.5 Å². The molecule has 0 spiro atoms. The Morgan fingerprint density at radius 3 is 2.38 bits per heavy atom. The first-order chi connectivity index (χ1) is 16.4. The minimum absolute atomic E-state index is 0.0158. The Morgan fingerprint density at radius 1 is 0.941 bits per heavy atom. The van der Waals surface area contributed by atoms with Gasteiger partial charge in [-0.1, -0.05) is 24.3 Å². The van der Waals surface area contributed by atoms with Crippen molar-refractivity contribution in [3.63, 3.8) is 0 Å². The molecule has 2 amide bonds. The van der Waals surface area contributed by atoms with Crippen LogP contribution >= 0.6 is 31.9 Å². The summed E-state index contributed by atoms with van der Waals surface area (Å²) in [7, 11) is 0. The van der Waals surface area contributed by atoms with E-state index < -0.39 is 11.8 Å². The minimum Gasteiger partial charge on any atom is -0.506 e. The fourth-order valence-corrected chi connectivity index (χ4v) is 4.22. The van der Waals surface area contributed by atoms with E-state index in [1.807, 2.05) is 0 Å². The van der Waals surface area contributed by atoms with Gasteiger partial charge >= 0.3 is 0 Å². The summed E-state index contributed by atoms with van der Waals surface area (Å²) in [5.41, 5.74) is 4.03. The van der Waals surface area contributed by atoms with E-state index in [-0.39, 0.29) is 18.2 Å². The van der Waals surface area contributed by atoms with Gasteiger partial charge < -0.3 is 19.9 Å². The van der Waals surface area contributed by atoms with Crippen LogP contribution in [0.1, 0.15) is 21.5 Å². The van der Waals surface area contributed by atoms with Crippen LogP contribution in [0.3, 0.4) is 0 Å². The van der Waals surface area contributed by atoms with Crippen molar-refractivity contribution in [2.45, 2.75) is 0 Å². The number of hydrazone groups is 1. The number of fused-ring (bicyclic) bond motifs is 1. The lowest BCUT2D eigenvalue weighted by Crippen LogP contribution is -2.32. The molecule has 0 saturated heterocycles. The van der Waals surface area contributed by atoms with Crippen LogP contribution in [0, 0.1) is 0 Å². The summed E-state index contributed by atoms with van der Waals surface area (Å²) in [6.45, 7) is 0.124. The number of benzene rings is 3. The van der Waals surface area contributed by atoms with E-state index in [2.05, 4.69) is 47.7 Å². The number of phenols is 1. The average molecular weight is 587 g/mol. The van der Waals surface area contributed by atoms with E-state index >= 15 is 0 Å². The first-order valence-electron chi connectivity index (χ1n) is 9.90. The number of ether oxygens (including phenoxy) is 2. The summed E-state index contributed by atoms with van der Waals surface area (Å²) in [6.07, 6.45) is 2.92. The molecule has 1 heterocycles. The van der Waals surface area contributed by atoms with E-state index in [4.69, 9.17) is 9.47 Å². The molecule has 3 aromatic rings. The van der Waals surface area contributed by atoms with Gasteiger partial charge in [0.1, 0.15) is 11.4 Å². The van der Waals surface area contributed by atoms with Crippen LogP contribution in [-0.4, -0.2) is 29.9 Å². The van der Waals surface area contributed by atoms with Crippen LogP contribution in [0.5, 0.6) is 17.2 Å². The maximum Gasteiger partial charge on any atom is 0.287 e. The van der Waals surface area contributed by atoms with Gasteiger partial charge in [-0.2, -0.15) is 5.10 Å². The molecule has 4 rings (SSSR count). The smallest absolute Gasteiger partial charge is 0.287 e. The highest BCUT2D eigenvalue weighted by Crippen LogP contribution is 2.33. The van der Waals surface area contributed by atoms with E-state index in [1.54, 1.807) is 60.7 Å². The van der Waals surface area contributed by atoms with Crippen molar-refractivity contribution in [1.82, 2.24) is 10.7 Å². The zero-order valence-electron chi connectivity index (χ0n) is 17.4. The number of hydrogen-bond donors (Lipinski definition) is 3. The van der Waals surface area contributed by atoms with E-state index in [0.29, 0.717) is 37.1 Å². The number of nitrogens with one attached hydrogen (secondary N) is 2. The third-order valence-electron chi connectivity index (χ3n) is 4.66. The van der Waals surface area contributed by atoms with Crippen LogP contribution in [0.2, 0.25) is 0 Å². The number of halogens is 2. The van der Waals surface area contributed by atoms with Crippen molar-refractivity contribution in [3.05, 3.63) is 92.0 Å². The normalized spacial score (nSPS) is 12.6. The largest absolute Gasteiger partial charge is 0.506 e. The molecule has 3 aromatic carbocycles. The predicted molar refractivity (Wildman–Crippen MR) is 134 cm³/mol. The Balaban J connectivity index is 1.56. The van der Waals surface area contributed by atoms with Gasteiger partial charge in [0.15, 0.2) is 11.5 Å². The van der Waals surface area contributed by atoms with Crippen LogP contribution < -0.4 is 20.2 Å². The molecule has 0 unspecified atom stereocenters. The van der Waals surface area contributed by atoms with E-state index in [0.717, 1.165) is 0 Å². The summed E-state index contributed by atoms with van der Waals surface area (Å²) in [4.78, 5) is 25.6.